The van der Waals surface area contributed by atoms with Crippen LogP contribution in [0.25, 0.3) is 0 Å². The van der Waals surface area contributed by atoms with E-state index in [9.17, 15) is 24.3 Å². The van der Waals surface area contributed by atoms with Crippen molar-refractivity contribution >= 4 is 35.1 Å². The highest BCUT2D eigenvalue weighted by atomic mass is 16.4. The minimum Gasteiger partial charge on any atom is -0.545 e. The topological polar surface area (TPSA) is 107 Å². The average Bonchev–Trinajstić information content (AvgIpc) is 2.99. The van der Waals surface area contributed by atoms with Crippen LogP contribution in [0.1, 0.15) is 33.6 Å². The molecule has 2 aliphatic rings. The van der Waals surface area contributed by atoms with Crippen molar-refractivity contribution in [3.8, 4) is 0 Å². The number of hydrogen-bond donors (Lipinski definition) is 1. The SMILES string of the molecule is O=C([O-])c1ccc(NC(=O)c2cccc(N3C(=O)[C@H]4CC=CC[C@@H]4C3=O)c2)cc1. The van der Waals surface area contributed by atoms with E-state index in [-0.39, 0.29) is 34.8 Å². The van der Waals surface area contributed by atoms with Gasteiger partial charge >= 0.3 is 0 Å². The monoisotopic (exact) mass is 389 g/mol. The van der Waals surface area contributed by atoms with Crippen LogP contribution >= 0.6 is 0 Å². The Hall–Kier alpha value is -3.74. The lowest BCUT2D eigenvalue weighted by Crippen LogP contribution is -2.31. The maximum absolute atomic E-state index is 12.7. The number of aromatic carboxylic acids is 1. The van der Waals surface area contributed by atoms with Crippen LogP contribution in [0.2, 0.25) is 0 Å². The quantitative estimate of drug-likeness (QED) is 0.633. The maximum atomic E-state index is 12.7. The number of carbonyl (C=O) groups is 4. The predicted molar refractivity (Wildman–Crippen MR) is 103 cm³/mol. The van der Waals surface area contributed by atoms with Crippen molar-refractivity contribution < 1.29 is 24.3 Å². The Kier molecular flexibility index (Phi) is 4.72. The molecule has 0 spiro atoms. The van der Waals surface area contributed by atoms with Crippen molar-refractivity contribution in [3.63, 3.8) is 0 Å². The van der Waals surface area contributed by atoms with Crippen molar-refractivity contribution in [2.45, 2.75) is 12.8 Å². The molecule has 2 atom stereocenters. The predicted octanol–water partition coefficient (Wildman–Crippen LogP) is 1.76. The van der Waals surface area contributed by atoms with Crippen molar-refractivity contribution in [3.05, 3.63) is 71.8 Å². The number of amides is 3. The molecule has 0 radical (unpaired) electrons. The maximum Gasteiger partial charge on any atom is 0.255 e. The molecule has 1 N–H and O–H groups in total. The molecule has 146 valence electrons. The Morgan fingerprint density at radius 2 is 1.52 bits per heavy atom. The van der Waals surface area contributed by atoms with Crippen molar-refractivity contribution in [1.29, 1.82) is 0 Å². The molecule has 2 aromatic carbocycles. The Morgan fingerprint density at radius 1 is 0.897 bits per heavy atom. The molecule has 1 aliphatic heterocycles. The summed E-state index contributed by atoms with van der Waals surface area (Å²) in [5, 5.41) is 13.5. The average molecular weight is 389 g/mol. The molecular weight excluding hydrogens is 372 g/mol. The Balaban J connectivity index is 1.54. The first-order valence-electron chi connectivity index (χ1n) is 9.21. The number of anilines is 2. The standard InChI is InChI=1S/C22H18N2O5/c25-19(23-15-10-8-13(9-11-15)22(28)29)14-4-3-5-16(12-14)24-20(26)17-6-1-2-7-18(17)21(24)27/h1-5,8-12,17-18H,6-7H2,(H,23,25)(H,28,29)/p-1/t17-,18-/m0/s1. The van der Waals surface area contributed by atoms with Gasteiger partial charge in [0.25, 0.3) is 5.91 Å². The zero-order valence-corrected chi connectivity index (χ0v) is 15.3. The summed E-state index contributed by atoms with van der Waals surface area (Å²) >= 11 is 0. The Morgan fingerprint density at radius 3 is 2.10 bits per heavy atom. The summed E-state index contributed by atoms with van der Waals surface area (Å²) in [6.45, 7) is 0. The van der Waals surface area contributed by atoms with E-state index in [0.717, 1.165) is 0 Å². The van der Waals surface area contributed by atoms with Crippen molar-refractivity contribution in [2.24, 2.45) is 11.8 Å². The first kappa shape index (κ1) is 18.6. The molecule has 2 aromatic rings. The first-order chi connectivity index (χ1) is 14.0. The van der Waals surface area contributed by atoms with Crippen LogP contribution in [0, 0.1) is 11.8 Å². The normalized spacial score (nSPS) is 20.5. The number of imide groups is 1. The largest absolute Gasteiger partial charge is 0.545 e. The zero-order chi connectivity index (χ0) is 20.5. The van der Waals surface area contributed by atoms with E-state index in [2.05, 4.69) is 5.32 Å². The third-order valence-corrected chi connectivity index (χ3v) is 5.25. The van der Waals surface area contributed by atoms with Gasteiger partial charge in [0.2, 0.25) is 11.8 Å². The highest BCUT2D eigenvalue weighted by Crippen LogP contribution is 2.37. The molecule has 0 unspecified atom stereocenters. The molecular formula is C22H17N2O5-. The molecule has 1 saturated heterocycles. The van der Waals surface area contributed by atoms with E-state index in [1.807, 2.05) is 12.2 Å². The number of carboxylic acid groups (broad SMARTS) is 1. The van der Waals surface area contributed by atoms with Gasteiger partial charge in [-0.05, 0) is 48.7 Å². The number of carboxylic acids is 1. The van der Waals surface area contributed by atoms with Gasteiger partial charge in [-0.15, -0.1) is 0 Å². The zero-order valence-electron chi connectivity index (χ0n) is 15.3. The molecule has 1 fully saturated rings. The van der Waals surface area contributed by atoms with Gasteiger partial charge < -0.3 is 15.2 Å². The Labute approximate surface area is 166 Å². The number of rotatable bonds is 4. The summed E-state index contributed by atoms with van der Waals surface area (Å²) in [5.74, 6) is -2.89. The molecule has 1 aliphatic carbocycles. The minimum absolute atomic E-state index is 0.00649. The van der Waals surface area contributed by atoms with Crippen LogP contribution in [0.15, 0.2) is 60.7 Å². The van der Waals surface area contributed by atoms with Gasteiger partial charge in [0.15, 0.2) is 0 Å². The second kappa shape index (κ2) is 7.35. The minimum atomic E-state index is -1.30. The molecule has 0 aromatic heterocycles. The molecule has 29 heavy (non-hydrogen) atoms. The van der Waals surface area contributed by atoms with Crippen molar-refractivity contribution in [1.82, 2.24) is 0 Å². The number of carbonyl (C=O) groups excluding carboxylic acids is 4. The third kappa shape index (κ3) is 3.42. The number of nitrogens with one attached hydrogen (secondary N) is 1. The van der Waals surface area contributed by atoms with E-state index in [4.69, 9.17) is 0 Å². The first-order valence-corrected chi connectivity index (χ1v) is 9.21. The number of benzene rings is 2. The fraction of sp³-hybridized carbons (Fsp3) is 0.182. The van der Waals surface area contributed by atoms with E-state index in [1.165, 1.54) is 35.2 Å². The van der Waals surface area contributed by atoms with Gasteiger partial charge in [-0.25, -0.2) is 0 Å². The summed E-state index contributed by atoms with van der Waals surface area (Å²) in [4.78, 5) is 50.0. The molecule has 1 heterocycles. The fourth-order valence-electron chi connectivity index (χ4n) is 3.73. The highest BCUT2D eigenvalue weighted by Gasteiger charge is 2.47. The number of hydrogen-bond acceptors (Lipinski definition) is 5. The number of fused-ring (bicyclic) bond motifs is 1. The number of nitrogens with zero attached hydrogens (tertiary/aromatic N) is 1. The molecule has 0 saturated carbocycles. The molecule has 3 amide bonds. The summed E-state index contributed by atoms with van der Waals surface area (Å²) in [7, 11) is 0. The second-order valence-electron chi connectivity index (χ2n) is 7.04. The molecule has 7 heteroatoms. The van der Waals surface area contributed by atoms with Gasteiger partial charge in [0, 0.05) is 11.3 Å². The lowest BCUT2D eigenvalue weighted by atomic mass is 9.85. The van der Waals surface area contributed by atoms with E-state index in [1.54, 1.807) is 18.2 Å². The van der Waals surface area contributed by atoms with Crippen LogP contribution in [0.5, 0.6) is 0 Å². The van der Waals surface area contributed by atoms with Gasteiger partial charge in [-0.2, -0.15) is 0 Å². The fourth-order valence-corrected chi connectivity index (χ4v) is 3.73. The highest BCUT2D eigenvalue weighted by molar-refractivity contribution is 6.22. The van der Waals surface area contributed by atoms with E-state index >= 15 is 0 Å². The molecule has 4 rings (SSSR count). The lowest BCUT2D eigenvalue weighted by Gasteiger charge is -2.16. The summed E-state index contributed by atoms with van der Waals surface area (Å²) in [5.41, 5.74) is 1.07. The summed E-state index contributed by atoms with van der Waals surface area (Å²) in [6.07, 6.45) is 4.94. The molecule has 7 nitrogen and oxygen atoms in total. The number of allylic oxidation sites excluding steroid dienone is 2. The summed E-state index contributed by atoms with van der Waals surface area (Å²) in [6, 6.07) is 11.9. The van der Waals surface area contributed by atoms with Gasteiger partial charge in [0.1, 0.15) is 0 Å². The summed E-state index contributed by atoms with van der Waals surface area (Å²) < 4.78 is 0. The van der Waals surface area contributed by atoms with Gasteiger partial charge in [-0.1, -0.05) is 30.4 Å². The molecule has 0 bridgehead atoms. The van der Waals surface area contributed by atoms with Gasteiger partial charge in [0.05, 0.1) is 23.5 Å². The smallest absolute Gasteiger partial charge is 0.255 e. The van der Waals surface area contributed by atoms with Crippen LogP contribution < -0.4 is 15.3 Å². The van der Waals surface area contributed by atoms with Crippen LogP contribution in [-0.2, 0) is 9.59 Å². The van der Waals surface area contributed by atoms with Crippen LogP contribution in [-0.4, -0.2) is 23.7 Å². The second-order valence-corrected chi connectivity index (χ2v) is 7.04. The van der Waals surface area contributed by atoms with E-state index in [0.29, 0.717) is 24.2 Å². The van der Waals surface area contributed by atoms with Gasteiger partial charge in [-0.3, -0.25) is 19.3 Å². The lowest BCUT2D eigenvalue weighted by molar-refractivity contribution is -0.255. The van der Waals surface area contributed by atoms with Crippen LogP contribution in [0.4, 0.5) is 11.4 Å². The van der Waals surface area contributed by atoms with Crippen molar-refractivity contribution in [2.75, 3.05) is 10.2 Å². The van der Waals surface area contributed by atoms with Crippen LogP contribution in [0.3, 0.4) is 0 Å². The van der Waals surface area contributed by atoms with E-state index < -0.39 is 11.9 Å². The Bertz CT molecular complexity index is 1020. The third-order valence-electron chi connectivity index (χ3n) is 5.25.